The van der Waals surface area contributed by atoms with E-state index < -0.39 is 0 Å². The van der Waals surface area contributed by atoms with Gasteiger partial charge in [-0.2, -0.15) is 0 Å². The van der Waals surface area contributed by atoms with Gasteiger partial charge in [0.1, 0.15) is 5.75 Å². The lowest BCUT2D eigenvalue weighted by molar-refractivity contribution is 0.434. The average Bonchev–Trinajstić information content (AvgIpc) is 2.41. The molecule has 0 aliphatic rings. The lowest BCUT2D eigenvalue weighted by Gasteiger charge is -2.12. The Morgan fingerprint density at radius 2 is 1.83 bits per heavy atom. The van der Waals surface area contributed by atoms with Gasteiger partial charge in [0, 0.05) is 12.1 Å². The minimum absolute atomic E-state index is 0.296. The second-order valence-electron chi connectivity index (χ2n) is 3.92. The predicted octanol–water partition coefficient (Wildman–Crippen LogP) is 3.73. The zero-order valence-electron chi connectivity index (χ0n) is 10.3. The summed E-state index contributed by atoms with van der Waals surface area (Å²) in [6.45, 7) is 3.44. The average molecular weight is 245 g/mol. The van der Waals surface area contributed by atoms with Crippen molar-refractivity contribution in [2.24, 2.45) is 0 Å². The molecular weight excluding hydrogens is 229 g/mol. The van der Waals surface area contributed by atoms with Crippen LogP contribution in [0.25, 0.3) is 0 Å². The summed E-state index contributed by atoms with van der Waals surface area (Å²) in [6.07, 6.45) is 0. The van der Waals surface area contributed by atoms with Crippen molar-refractivity contribution >= 4 is 0 Å². The third-order valence-corrected chi connectivity index (χ3v) is 2.58. The summed E-state index contributed by atoms with van der Waals surface area (Å²) in [4.78, 5) is 0. The fraction of sp³-hybridized carbons (Fsp3) is 0.200. The topological polar surface area (TPSA) is 21.3 Å². The molecular formula is C15H16FNO. The number of hydrogen-bond acceptors (Lipinski definition) is 2. The molecule has 3 heteroatoms. The van der Waals surface area contributed by atoms with Crippen LogP contribution in [-0.2, 0) is 6.54 Å². The van der Waals surface area contributed by atoms with Crippen molar-refractivity contribution in [3.63, 3.8) is 0 Å². The Kier molecular flexibility index (Phi) is 4.31. The monoisotopic (exact) mass is 245 g/mol. The van der Waals surface area contributed by atoms with Crippen molar-refractivity contribution < 1.29 is 9.13 Å². The molecule has 0 saturated carbocycles. The fourth-order valence-corrected chi connectivity index (χ4v) is 1.67. The van der Waals surface area contributed by atoms with Gasteiger partial charge in [0.2, 0.25) is 0 Å². The highest BCUT2D eigenvalue weighted by Gasteiger charge is 2.10. The van der Waals surface area contributed by atoms with Gasteiger partial charge in [0.05, 0.1) is 0 Å². The number of ether oxygens (including phenoxy) is 1. The van der Waals surface area contributed by atoms with Crippen molar-refractivity contribution in [2.45, 2.75) is 13.5 Å². The van der Waals surface area contributed by atoms with Crippen LogP contribution in [0.2, 0.25) is 0 Å². The molecule has 0 aliphatic carbocycles. The molecule has 18 heavy (non-hydrogen) atoms. The quantitative estimate of drug-likeness (QED) is 0.866. The summed E-state index contributed by atoms with van der Waals surface area (Å²) in [5.41, 5.74) is 0.820. The Morgan fingerprint density at radius 3 is 2.56 bits per heavy atom. The van der Waals surface area contributed by atoms with Crippen LogP contribution < -0.4 is 10.1 Å². The molecule has 0 aliphatic heterocycles. The minimum Gasteiger partial charge on any atom is -0.454 e. The van der Waals surface area contributed by atoms with E-state index in [1.54, 1.807) is 6.07 Å². The molecule has 2 aromatic carbocycles. The molecule has 0 unspecified atom stereocenters. The molecule has 94 valence electrons. The molecule has 0 heterocycles. The van der Waals surface area contributed by atoms with Crippen molar-refractivity contribution in [3.05, 3.63) is 59.9 Å². The first-order valence-electron chi connectivity index (χ1n) is 6.02. The standard InChI is InChI=1S/C15H16FNO/c1-2-17-11-12-7-6-10-14(16)15(12)18-13-8-4-3-5-9-13/h3-10,17H,2,11H2,1H3. The Balaban J connectivity index is 2.25. The van der Waals surface area contributed by atoms with E-state index in [9.17, 15) is 4.39 Å². The first-order valence-corrected chi connectivity index (χ1v) is 6.02. The normalized spacial score (nSPS) is 10.3. The number of benzene rings is 2. The predicted molar refractivity (Wildman–Crippen MR) is 70.3 cm³/mol. The van der Waals surface area contributed by atoms with Crippen LogP contribution in [-0.4, -0.2) is 6.54 Å². The maximum atomic E-state index is 13.8. The molecule has 0 fully saturated rings. The van der Waals surface area contributed by atoms with Gasteiger partial charge in [-0.1, -0.05) is 37.3 Å². The van der Waals surface area contributed by atoms with Gasteiger partial charge in [-0.15, -0.1) is 0 Å². The number of nitrogens with one attached hydrogen (secondary N) is 1. The molecule has 0 amide bonds. The zero-order chi connectivity index (χ0) is 12.8. The zero-order valence-corrected chi connectivity index (χ0v) is 10.3. The van der Waals surface area contributed by atoms with E-state index in [1.807, 2.05) is 43.3 Å². The third-order valence-electron chi connectivity index (χ3n) is 2.58. The van der Waals surface area contributed by atoms with E-state index >= 15 is 0 Å². The Morgan fingerprint density at radius 1 is 1.06 bits per heavy atom. The molecule has 0 aromatic heterocycles. The van der Waals surface area contributed by atoms with Gasteiger partial charge >= 0.3 is 0 Å². The summed E-state index contributed by atoms with van der Waals surface area (Å²) in [5.74, 6) is 0.597. The summed E-state index contributed by atoms with van der Waals surface area (Å²) < 4.78 is 19.4. The van der Waals surface area contributed by atoms with Crippen LogP contribution in [0.15, 0.2) is 48.5 Å². The van der Waals surface area contributed by atoms with Gasteiger partial charge in [-0.25, -0.2) is 4.39 Å². The largest absolute Gasteiger partial charge is 0.454 e. The summed E-state index contributed by atoms with van der Waals surface area (Å²) in [7, 11) is 0. The van der Waals surface area contributed by atoms with Gasteiger partial charge in [-0.05, 0) is 24.7 Å². The Hall–Kier alpha value is -1.87. The van der Waals surface area contributed by atoms with Gasteiger partial charge in [0.15, 0.2) is 11.6 Å². The number of hydrogen-bond donors (Lipinski definition) is 1. The summed E-state index contributed by atoms with van der Waals surface area (Å²) in [5, 5.41) is 3.17. The molecule has 0 atom stereocenters. The lowest BCUT2D eigenvalue weighted by atomic mass is 10.2. The third kappa shape index (κ3) is 3.08. The maximum Gasteiger partial charge on any atom is 0.167 e. The van der Waals surface area contributed by atoms with Crippen LogP contribution in [0, 0.1) is 5.82 Å². The molecule has 0 saturated heterocycles. The molecule has 2 nitrogen and oxygen atoms in total. The van der Waals surface area contributed by atoms with E-state index in [4.69, 9.17) is 4.74 Å². The van der Waals surface area contributed by atoms with E-state index in [1.165, 1.54) is 6.07 Å². The second kappa shape index (κ2) is 6.17. The smallest absolute Gasteiger partial charge is 0.167 e. The number of rotatable bonds is 5. The number of para-hydroxylation sites is 2. The summed E-state index contributed by atoms with van der Waals surface area (Å²) in [6, 6.07) is 14.2. The SMILES string of the molecule is CCNCc1cccc(F)c1Oc1ccccc1. The minimum atomic E-state index is -0.339. The van der Waals surface area contributed by atoms with Gasteiger partial charge < -0.3 is 10.1 Å². The first-order chi connectivity index (χ1) is 8.81. The Labute approximate surface area is 106 Å². The van der Waals surface area contributed by atoms with Crippen molar-refractivity contribution in [3.8, 4) is 11.5 Å². The van der Waals surface area contributed by atoms with Crippen LogP contribution in [0.5, 0.6) is 11.5 Å². The van der Waals surface area contributed by atoms with Crippen LogP contribution in [0.4, 0.5) is 4.39 Å². The highest BCUT2D eigenvalue weighted by atomic mass is 19.1. The molecule has 0 bridgehead atoms. The molecule has 1 N–H and O–H groups in total. The van der Waals surface area contributed by atoms with E-state index in [0.29, 0.717) is 18.0 Å². The van der Waals surface area contributed by atoms with E-state index in [2.05, 4.69) is 5.32 Å². The van der Waals surface area contributed by atoms with Gasteiger partial charge in [0.25, 0.3) is 0 Å². The maximum absolute atomic E-state index is 13.8. The van der Waals surface area contributed by atoms with E-state index in [0.717, 1.165) is 12.1 Å². The van der Waals surface area contributed by atoms with Crippen LogP contribution in [0.3, 0.4) is 0 Å². The highest BCUT2D eigenvalue weighted by molar-refractivity contribution is 5.39. The van der Waals surface area contributed by atoms with Crippen LogP contribution >= 0.6 is 0 Å². The van der Waals surface area contributed by atoms with Crippen molar-refractivity contribution in [1.29, 1.82) is 0 Å². The van der Waals surface area contributed by atoms with Crippen LogP contribution in [0.1, 0.15) is 12.5 Å². The van der Waals surface area contributed by atoms with Crippen molar-refractivity contribution in [2.75, 3.05) is 6.54 Å². The van der Waals surface area contributed by atoms with E-state index in [-0.39, 0.29) is 5.82 Å². The number of halogens is 1. The fourth-order valence-electron chi connectivity index (χ4n) is 1.67. The highest BCUT2D eigenvalue weighted by Crippen LogP contribution is 2.28. The van der Waals surface area contributed by atoms with Gasteiger partial charge in [-0.3, -0.25) is 0 Å². The second-order valence-corrected chi connectivity index (χ2v) is 3.92. The molecule has 2 aromatic rings. The molecule has 2 rings (SSSR count). The molecule has 0 spiro atoms. The molecule has 0 radical (unpaired) electrons. The Bertz CT molecular complexity index is 499. The first kappa shape index (κ1) is 12.6. The summed E-state index contributed by atoms with van der Waals surface area (Å²) >= 11 is 0. The van der Waals surface area contributed by atoms with Crippen molar-refractivity contribution in [1.82, 2.24) is 5.32 Å². The lowest BCUT2D eigenvalue weighted by Crippen LogP contribution is -2.12.